The van der Waals surface area contributed by atoms with Gasteiger partial charge in [-0.3, -0.25) is 9.48 Å². The highest BCUT2D eigenvalue weighted by Gasteiger charge is 2.31. The van der Waals surface area contributed by atoms with Gasteiger partial charge in [0.15, 0.2) is 0 Å². The summed E-state index contributed by atoms with van der Waals surface area (Å²) in [6, 6.07) is 6.20. The van der Waals surface area contributed by atoms with Crippen LogP contribution in [0.1, 0.15) is 16.1 Å². The highest BCUT2D eigenvalue weighted by Crippen LogP contribution is 2.34. The minimum Gasteiger partial charge on any atom is -0.497 e. The van der Waals surface area contributed by atoms with Crippen LogP contribution < -0.4 is 15.8 Å². The van der Waals surface area contributed by atoms with Crippen LogP contribution in [0.25, 0.3) is 11.4 Å². The van der Waals surface area contributed by atoms with Crippen LogP contribution in [0.15, 0.2) is 36.5 Å². The molecule has 0 spiro atoms. The zero-order valence-electron chi connectivity index (χ0n) is 14.8. The van der Waals surface area contributed by atoms with E-state index in [0.29, 0.717) is 11.4 Å². The lowest BCUT2D eigenvalue weighted by atomic mass is 10.2. The third-order valence-corrected chi connectivity index (χ3v) is 3.78. The molecule has 11 heteroatoms. The summed E-state index contributed by atoms with van der Waals surface area (Å²) in [6.45, 7) is 0. The molecule has 0 bridgehead atoms. The molecule has 0 fully saturated rings. The van der Waals surface area contributed by atoms with E-state index in [-0.39, 0.29) is 23.1 Å². The summed E-state index contributed by atoms with van der Waals surface area (Å²) >= 11 is 0. The maximum atomic E-state index is 13.1. The van der Waals surface area contributed by atoms with Crippen LogP contribution in [-0.4, -0.2) is 32.8 Å². The van der Waals surface area contributed by atoms with Gasteiger partial charge in [0.1, 0.15) is 17.1 Å². The third kappa shape index (κ3) is 4.03. The molecule has 1 aromatic carbocycles. The first kappa shape index (κ1) is 19.1. The Bertz CT molecular complexity index is 1030. The van der Waals surface area contributed by atoms with Crippen molar-refractivity contribution in [2.75, 3.05) is 12.4 Å². The minimum absolute atomic E-state index is 0.0318. The van der Waals surface area contributed by atoms with Gasteiger partial charge in [-0.1, -0.05) is 0 Å². The number of alkyl halides is 3. The molecule has 8 nitrogen and oxygen atoms in total. The van der Waals surface area contributed by atoms with Crippen LogP contribution in [0.4, 0.5) is 24.8 Å². The van der Waals surface area contributed by atoms with Crippen molar-refractivity contribution in [1.29, 1.82) is 0 Å². The van der Waals surface area contributed by atoms with Crippen LogP contribution in [0.2, 0.25) is 0 Å². The lowest BCUT2D eigenvalue weighted by molar-refractivity contribution is -0.137. The number of halogens is 3. The standard InChI is InChI=1S/C17H15F3N6O2/c1-26-14(15(21)27)8-13(25-26)12-3-4-22-16(24-12)23-10-5-9(17(18,19)20)6-11(7-10)28-2/h3-8H,1-2H3,(H2,21,27)(H,22,23,24). The summed E-state index contributed by atoms with van der Waals surface area (Å²) < 4.78 is 45.4. The number of benzene rings is 1. The third-order valence-electron chi connectivity index (χ3n) is 3.78. The van der Waals surface area contributed by atoms with Crippen LogP contribution in [0, 0.1) is 0 Å². The van der Waals surface area contributed by atoms with Crippen LogP contribution in [0.5, 0.6) is 5.75 Å². The smallest absolute Gasteiger partial charge is 0.416 e. The van der Waals surface area contributed by atoms with E-state index < -0.39 is 17.6 Å². The quantitative estimate of drug-likeness (QED) is 0.691. The number of aromatic nitrogens is 4. The first-order valence-electron chi connectivity index (χ1n) is 7.88. The number of anilines is 2. The highest BCUT2D eigenvalue weighted by atomic mass is 19.4. The van der Waals surface area contributed by atoms with Crippen molar-refractivity contribution in [2.24, 2.45) is 12.8 Å². The average molecular weight is 392 g/mol. The van der Waals surface area contributed by atoms with Gasteiger partial charge in [0.25, 0.3) is 5.91 Å². The molecule has 0 aliphatic carbocycles. The Kier molecular flexibility index (Phi) is 4.91. The molecule has 1 amide bonds. The Morgan fingerprint density at radius 1 is 1.21 bits per heavy atom. The predicted octanol–water partition coefficient (Wildman–Crippen LogP) is 2.75. The van der Waals surface area contributed by atoms with Crippen LogP contribution >= 0.6 is 0 Å². The fraction of sp³-hybridized carbons (Fsp3) is 0.176. The van der Waals surface area contributed by atoms with E-state index in [1.54, 1.807) is 13.1 Å². The molecule has 0 unspecified atom stereocenters. The fourth-order valence-corrected chi connectivity index (χ4v) is 2.47. The normalized spacial score (nSPS) is 11.3. The fourth-order valence-electron chi connectivity index (χ4n) is 2.47. The van der Waals surface area contributed by atoms with Crippen LogP contribution in [-0.2, 0) is 13.2 Å². The van der Waals surface area contributed by atoms with Gasteiger partial charge < -0.3 is 15.8 Å². The highest BCUT2D eigenvalue weighted by molar-refractivity contribution is 5.92. The van der Waals surface area contributed by atoms with Crippen LogP contribution in [0.3, 0.4) is 0 Å². The summed E-state index contributed by atoms with van der Waals surface area (Å²) in [5.41, 5.74) is 5.40. The van der Waals surface area contributed by atoms with E-state index >= 15 is 0 Å². The number of amides is 1. The van der Waals surface area contributed by atoms with E-state index in [0.717, 1.165) is 12.1 Å². The predicted molar refractivity (Wildman–Crippen MR) is 94.0 cm³/mol. The molecule has 28 heavy (non-hydrogen) atoms. The van der Waals surface area contributed by atoms with Gasteiger partial charge in [-0.05, 0) is 24.3 Å². The number of primary amides is 1. The molecule has 3 N–H and O–H groups in total. The Morgan fingerprint density at radius 3 is 2.57 bits per heavy atom. The van der Waals surface area contributed by atoms with Gasteiger partial charge in [0.05, 0.1) is 18.4 Å². The Labute approximate surface area is 157 Å². The molecular weight excluding hydrogens is 377 g/mol. The maximum Gasteiger partial charge on any atom is 0.416 e. The van der Waals surface area contributed by atoms with Gasteiger partial charge in [-0.2, -0.15) is 18.3 Å². The minimum atomic E-state index is -4.53. The number of nitrogens with zero attached hydrogens (tertiary/aromatic N) is 4. The monoisotopic (exact) mass is 392 g/mol. The van der Waals surface area contributed by atoms with Gasteiger partial charge in [0, 0.05) is 25.0 Å². The number of methoxy groups -OCH3 is 1. The number of ether oxygens (including phenoxy) is 1. The van der Waals surface area contributed by atoms with Crippen molar-refractivity contribution in [3.05, 3.63) is 47.8 Å². The molecule has 0 aliphatic heterocycles. The second-order valence-electron chi connectivity index (χ2n) is 5.74. The van der Waals surface area contributed by atoms with Crippen molar-refractivity contribution in [2.45, 2.75) is 6.18 Å². The van der Waals surface area contributed by atoms with Crippen molar-refractivity contribution in [3.63, 3.8) is 0 Å². The number of aryl methyl sites for hydroxylation is 1. The Hall–Kier alpha value is -3.63. The van der Waals surface area contributed by atoms with Crippen molar-refractivity contribution >= 4 is 17.5 Å². The van der Waals surface area contributed by atoms with E-state index in [9.17, 15) is 18.0 Å². The number of hydrogen-bond donors (Lipinski definition) is 2. The lowest BCUT2D eigenvalue weighted by Crippen LogP contribution is -2.15. The second-order valence-corrected chi connectivity index (χ2v) is 5.74. The number of nitrogens with one attached hydrogen (secondary N) is 1. The van der Waals surface area contributed by atoms with Crippen molar-refractivity contribution in [3.8, 4) is 17.1 Å². The molecule has 0 atom stereocenters. The number of carbonyl (C=O) groups is 1. The van der Waals surface area contributed by atoms with Crippen molar-refractivity contribution in [1.82, 2.24) is 19.7 Å². The van der Waals surface area contributed by atoms with Crippen molar-refractivity contribution < 1.29 is 22.7 Å². The van der Waals surface area contributed by atoms with Gasteiger partial charge in [0.2, 0.25) is 5.95 Å². The lowest BCUT2D eigenvalue weighted by Gasteiger charge is -2.12. The Morgan fingerprint density at radius 2 is 1.96 bits per heavy atom. The van der Waals surface area contributed by atoms with E-state index in [1.165, 1.54) is 30.1 Å². The average Bonchev–Trinajstić information content (AvgIpc) is 3.03. The topological polar surface area (TPSA) is 108 Å². The Balaban J connectivity index is 1.93. The summed E-state index contributed by atoms with van der Waals surface area (Å²) in [6.07, 6.45) is -3.12. The second kappa shape index (κ2) is 7.18. The molecule has 3 aromatic rings. The van der Waals surface area contributed by atoms with E-state index in [2.05, 4.69) is 20.4 Å². The molecule has 146 valence electrons. The number of rotatable bonds is 5. The molecule has 2 heterocycles. The summed E-state index contributed by atoms with van der Waals surface area (Å²) in [5.74, 6) is -0.570. The maximum absolute atomic E-state index is 13.1. The molecular formula is C17H15F3N6O2. The first-order valence-corrected chi connectivity index (χ1v) is 7.88. The largest absolute Gasteiger partial charge is 0.497 e. The SMILES string of the molecule is COc1cc(Nc2nccc(-c3cc(C(N)=O)n(C)n3)n2)cc(C(F)(F)F)c1. The van der Waals surface area contributed by atoms with Gasteiger partial charge >= 0.3 is 6.18 Å². The van der Waals surface area contributed by atoms with Gasteiger partial charge in [-0.15, -0.1) is 0 Å². The molecule has 0 saturated heterocycles. The number of carbonyl (C=O) groups excluding carboxylic acids is 1. The zero-order valence-corrected chi connectivity index (χ0v) is 14.8. The first-order chi connectivity index (χ1) is 13.2. The van der Waals surface area contributed by atoms with Gasteiger partial charge in [-0.25, -0.2) is 9.97 Å². The van der Waals surface area contributed by atoms with E-state index in [1.807, 2.05) is 0 Å². The molecule has 3 rings (SSSR count). The summed E-state index contributed by atoms with van der Waals surface area (Å²) in [7, 11) is 2.83. The summed E-state index contributed by atoms with van der Waals surface area (Å²) in [4.78, 5) is 19.6. The molecule has 2 aromatic heterocycles. The summed E-state index contributed by atoms with van der Waals surface area (Å²) in [5, 5.41) is 6.87. The zero-order chi connectivity index (χ0) is 20.5. The molecule has 0 aliphatic rings. The number of nitrogens with two attached hydrogens (primary N) is 1. The number of hydrogen-bond acceptors (Lipinski definition) is 6. The molecule has 0 radical (unpaired) electrons. The van der Waals surface area contributed by atoms with E-state index in [4.69, 9.17) is 10.5 Å². The molecule has 0 saturated carbocycles.